The number of nitrogens with zero attached hydrogens (tertiary/aromatic N) is 6. The number of hydrogen-bond acceptors (Lipinski definition) is 12. The Kier molecular flexibility index (Phi) is 14.4. The summed E-state index contributed by atoms with van der Waals surface area (Å²) in [6.45, 7) is 13.4. The van der Waals surface area contributed by atoms with Crippen LogP contribution in [0.4, 0.5) is 15.3 Å². The number of anilines is 1. The molecule has 1 aromatic heterocycles. The number of benzene rings is 2. The first-order valence-corrected chi connectivity index (χ1v) is 22.6. The zero-order chi connectivity index (χ0) is 43.0. The molecular formula is C45H62N8O9. The maximum Gasteiger partial charge on any atom is 0.417 e. The molecule has 0 saturated carbocycles. The van der Waals surface area contributed by atoms with Crippen LogP contribution < -0.4 is 11.1 Å². The quantitative estimate of drug-likeness (QED) is 0.190. The number of piperazine rings is 1. The van der Waals surface area contributed by atoms with Crippen LogP contribution in [-0.2, 0) is 36.6 Å². The summed E-state index contributed by atoms with van der Waals surface area (Å²) in [4.78, 5) is 81.0. The fraction of sp³-hybridized carbons (Fsp3) is 0.622. The molecule has 0 unspecified atom stereocenters. The maximum absolute atomic E-state index is 14.3. The van der Waals surface area contributed by atoms with Crippen molar-refractivity contribution in [3.05, 3.63) is 63.6 Å². The molecule has 0 spiro atoms. The number of fused-ring (bicyclic) bond motifs is 2. The minimum Gasteiger partial charge on any atom is -0.466 e. The number of H-pyrrole nitrogens is 1. The number of hydrogen-bond donors (Lipinski definition) is 2. The second-order valence-electron chi connectivity index (χ2n) is 17.3. The van der Waals surface area contributed by atoms with Gasteiger partial charge in [0.05, 0.1) is 31.8 Å². The van der Waals surface area contributed by atoms with Gasteiger partial charge in [-0.3, -0.25) is 24.4 Å². The standard InChI is InChI=1S/C45H62N8O9/c1-32-29-33(30-38-41(32)47-44(57)61-38)31-39(62-45(58)52-17-10-36(11-18-52)53-19-7-34-5-2-3-6-37(34)46-43(53)56)42(55)51-15-8-35(9-16-51)50-22-20-49(21-23-50)14-12-40(54)60-26-4-13-48-24-27-59-28-25-48/h2-3,5-6,29-30,35-36,39H,4,7-28,31H2,1H3,(H,46,56)(H,47,57)/t39-/m1/s1. The molecule has 5 aliphatic rings. The second-order valence-corrected chi connectivity index (χ2v) is 17.3. The number of nitrogens with one attached hydrogen (secondary N) is 2. The number of carbonyl (C=O) groups is 4. The van der Waals surface area contributed by atoms with E-state index in [0.717, 1.165) is 107 Å². The smallest absolute Gasteiger partial charge is 0.417 e. The van der Waals surface area contributed by atoms with Crippen LogP contribution in [0.25, 0.3) is 11.1 Å². The summed E-state index contributed by atoms with van der Waals surface area (Å²) in [5, 5.41) is 3.05. The van der Waals surface area contributed by atoms with Crippen LogP contribution in [0.3, 0.4) is 0 Å². The van der Waals surface area contributed by atoms with E-state index in [0.29, 0.717) is 82.3 Å². The lowest BCUT2D eigenvalue weighted by molar-refractivity contribution is -0.144. The first-order valence-electron chi connectivity index (χ1n) is 22.6. The molecule has 6 heterocycles. The van der Waals surface area contributed by atoms with Crippen LogP contribution in [0, 0.1) is 6.92 Å². The van der Waals surface area contributed by atoms with Crippen molar-refractivity contribution in [3.63, 3.8) is 0 Å². The molecule has 8 rings (SSSR count). The number of rotatable bonds is 13. The van der Waals surface area contributed by atoms with E-state index in [-0.39, 0.29) is 30.4 Å². The molecule has 2 aromatic carbocycles. The van der Waals surface area contributed by atoms with E-state index in [2.05, 4.69) is 25.0 Å². The highest BCUT2D eigenvalue weighted by atomic mass is 16.6. The largest absolute Gasteiger partial charge is 0.466 e. The number of para-hydroxylation sites is 1. The number of aromatic amines is 1. The summed E-state index contributed by atoms with van der Waals surface area (Å²) in [6, 6.07) is 11.7. The summed E-state index contributed by atoms with van der Waals surface area (Å²) in [6.07, 6.45) is 3.31. The van der Waals surface area contributed by atoms with Gasteiger partial charge in [-0.15, -0.1) is 0 Å². The summed E-state index contributed by atoms with van der Waals surface area (Å²) < 4.78 is 22.4. The zero-order valence-electron chi connectivity index (χ0n) is 36.0. The van der Waals surface area contributed by atoms with Crippen LogP contribution in [-0.4, -0.2) is 181 Å². The number of morpholine rings is 1. The van der Waals surface area contributed by atoms with Gasteiger partial charge in [0.2, 0.25) is 0 Å². The number of likely N-dealkylation sites (tertiary alicyclic amines) is 2. The van der Waals surface area contributed by atoms with Gasteiger partial charge in [0, 0.05) is 109 Å². The van der Waals surface area contributed by atoms with Crippen LogP contribution in [0.1, 0.15) is 55.2 Å². The van der Waals surface area contributed by atoms with E-state index in [4.69, 9.17) is 18.6 Å². The predicted octanol–water partition coefficient (Wildman–Crippen LogP) is 3.30. The highest BCUT2D eigenvalue weighted by Gasteiger charge is 2.37. The lowest BCUT2D eigenvalue weighted by Crippen LogP contribution is -2.55. The molecule has 4 amide bonds. The van der Waals surface area contributed by atoms with Gasteiger partial charge >= 0.3 is 23.8 Å². The van der Waals surface area contributed by atoms with Gasteiger partial charge in [-0.05, 0) is 74.3 Å². The number of piperidine rings is 2. The molecule has 0 bridgehead atoms. The Balaban J connectivity index is 0.815. The van der Waals surface area contributed by atoms with Crippen molar-refractivity contribution in [1.29, 1.82) is 0 Å². The van der Waals surface area contributed by atoms with Gasteiger partial charge in [0.15, 0.2) is 11.7 Å². The molecular weight excluding hydrogens is 797 g/mol. The summed E-state index contributed by atoms with van der Waals surface area (Å²) >= 11 is 0. The van der Waals surface area contributed by atoms with E-state index >= 15 is 0 Å². The minimum atomic E-state index is -1.07. The fourth-order valence-electron chi connectivity index (χ4n) is 9.73. The van der Waals surface area contributed by atoms with E-state index in [1.165, 1.54) is 0 Å². The average Bonchev–Trinajstić information content (AvgIpc) is 3.59. The number of ether oxygens (including phenoxy) is 3. The fourth-order valence-corrected chi connectivity index (χ4v) is 9.73. The molecule has 2 N–H and O–H groups in total. The van der Waals surface area contributed by atoms with Crippen LogP contribution >= 0.6 is 0 Å². The first kappa shape index (κ1) is 43.7. The third kappa shape index (κ3) is 11.0. The SMILES string of the molecule is Cc1cc(C[C@@H](OC(=O)N2CCC(N3CCc4ccccc4NC3=O)CC2)C(=O)N2CCC(N3CCN(CCC(=O)OCCCN4CCOCC4)CC3)CC2)cc2oc(=O)[nH]c12. The number of aryl methyl sites for hydroxylation is 1. The van der Waals surface area contributed by atoms with Gasteiger partial charge in [0.25, 0.3) is 5.91 Å². The summed E-state index contributed by atoms with van der Waals surface area (Å²) in [5.74, 6) is -0.934. The topological polar surface area (TPSA) is 173 Å². The van der Waals surface area contributed by atoms with Gasteiger partial charge in [-0.2, -0.15) is 0 Å². The Morgan fingerprint density at radius 3 is 2.31 bits per heavy atom. The van der Waals surface area contributed by atoms with Crippen LogP contribution in [0.2, 0.25) is 0 Å². The lowest BCUT2D eigenvalue weighted by atomic mass is 9.99. The van der Waals surface area contributed by atoms with Crippen LogP contribution in [0.15, 0.2) is 45.6 Å². The normalized spacial score (nSPS) is 20.7. The Bertz CT molecular complexity index is 2080. The molecule has 3 aromatic rings. The van der Waals surface area contributed by atoms with Gasteiger partial charge < -0.3 is 43.5 Å². The molecule has 4 saturated heterocycles. The predicted molar refractivity (Wildman–Crippen MR) is 231 cm³/mol. The van der Waals surface area contributed by atoms with Gasteiger partial charge in [-0.1, -0.05) is 24.3 Å². The molecule has 336 valence electrons. The highest BCUT2D eigenvalue weighted by molar-refractivity contribution is 5.91. The highest BCUT2D eigenvalue weighted by Crippen LogP contribution is 2.27. The Morgan fingerprint density at radius 1 is 0.823 bits per heavy atom. The second kappa shape index (κ2) is 20.5. The summed E-state index contributed by atoms with van der Waals surface area (Å²) in [5.41, 5.74) is 4.44. The van der Waals surface area contributed by atoms with E-state index in [1.807, 2.05) is 47.1 Å². The Labute approximate surface area is 362 Å². The molecule has 4 fully saturated rings. The molecule has 0 aliphatic carbocycles. The van der Waals surface area contributed by atoms with E-state index in [9.17, 15) is 24.0 Å². The molecule has 0 radical (unpaired) electrons. The van der Waals surface area contributed by atoms with Crippen molar-refractivity contribution < 1.29 is 37.8 Å². The lowest BCUT2D eigenvalue weighted by Gasteiger charge is -2.43. The molecule has 17 heteroatoms. The molecule has 5 aliphatic heterocycles. The van der Waals surface area contributed by atoms with Gasteiger partial charge in [-0.25, -0.2) is 14.4 Å². The Morgan fingerprint density at radius 2 is 1.53 bits per heavy atom. The summed E-state index contributed by atoms with van der Waals surface area (Å²) in [7, 11) is 0. The van der Waals surface area contributed by atoms with Crippen molar-refractivity contribution in [2.45, 2.75) is 76.5 Å². The van der Waals surface area contributed by atoms with Crippen molar-refractivity contribution in [1.82, 2.24) is 34.4 Å². The first-order chi connectivity index (χ1) is 30.2. The van der Waals surface area contributed by atoms with E-state index < -0.39 is 18.0 Å². The Hall–Kier alpha value is -4.97. The number of aromatic nitrogens is 1. The molecule has 1 atom stereocenters. The number of urea groups is 1. The number of carbonyl (C=O) groups excluding carboxylic acids is 4. The third-order valence-electron chi connectivity index (χ3n) is 13.4. The van der Waals surface area contributed by atoms with Crippen molar-refractivity contribution in [2.75, 3.05) is 110 Å². The van der Waals surface area contributed by atoms with Crippen molar-refractivity contribution in [3.8, 4) is 0 Å². The third-order valence-corrected chi connectivity index (χ3v) is 13.4. The maximum atomic E-state index is 14.3. The monoisotopic (exact) mass is 858 g/mol. The van der Waals surface area contributed by atoms with Crippen molar-refractivity contribution >= 4 is 40.8 Å². The number of oxazole rings is 1. The van der Waals surface area contributed by atoms with E-state index in [1.54, 1.807) is 11.0 Å². The number of esters is 1. The molecule has 62 heavy (non-hydrogen) atoms. The molecule has 17 nitrogen and oxygen atoms in total. The van der Waals surface area contributed by atoms with Crippen molar-refractivity contribution in [2.24, 2.45) is 0 Å². The van der Waals surface area contributed by atoms with Crippen LogP contribution in [0.5, 0.6) is 0 Å². The van der Waals surface area contributed by atoms with Gasteiger partial charge in [0.1, 0.15) is 0 Å². The average molecular weight is 859 g/mol. The minimum absolute atomic E-state index is 0.0226. The number of amides is 4. The zero-order valence-corrected chi connectivity index (χ0v) is 36.0.